The zero-order chi connectivity index (χ0) is 22.7. The second-order valence-corrected chi connectivity index (χ2v) is 8.00. The van der Waals surface area contributed by atoms with Crippen molar-refractivity contribution in [3.8, 4) is 0 Å². The van der Waals surface area contributed by atoms with E-state index in [1.165, 1.54) is 6.07 Å². The van der Waals surface area contributed by atoms with E-state index in [0.29, 0.717) is 31.7 Å². The molecule has 3 heterocycles. The Morgan fingerprint density at radius 3 is 2.50 bits per heavy atom. The van der Waals surface area contributed by atoms with Crippen molar-refractivity contribution in [1.82, 2.24) is 25.1 Å². The molecule has 1 N–H and O–H groups in total. The Bertz CT molecular complexity index is 1060. The van der Waals surface area contributed by atoms with Crippen molar-refractivity contribution in [2.45, 2.75) is 44.8 Å². The number of hydrogen-bond donors (Lipinski definition) is 1. The molecule has 0 aliphatic carbocycles. The molecular weight excluding hydrogens is 421 g/mol. The maximum Gasteiger partial charge on any atom is 0.453 e. The highest BCUT2D eigenvalue weighted by molar-refractivity contribution is 5.79. The number of rotatable bonds is 6. The number of aromatic nitrogens is 4. The summed E-state index contributed by atoms with van der Waals surface area (Å²) >= 11 is 0. The molecule has 1 atom stereocenters. The predicted molar refractivity (Wildman–Crippen MR) is 113 cm³/mol. The van der Waals surface area contributed by atoms with Crippen molar-refractivity contribution in [3.63, 3.8) is 0 Å². The van der Waals surface area contributed by atoms with Crippen molar-refractivity contribution < 1.29 is 18.0 Å². The fourth-order valence-corrected chi connectivity index (χ4v) is 4.08. The van der Waals surface area contributed by atoms with Crippen LogP contribution in [0.25, 0.3) is 5.65 Å². The first-order valence-electron chi connectivity index (χ1n) is 10.8. The van der Waals surface area contributed by atoms with Crippen molar-refractivity contribution >= 4 is 17.4 Å². The van der Waals surface area contributed by atoms with Crippen LogP contribution in [0.3, 0.4) is 0 Å². The van der Waals surface area contributed by atoms with Crippen LogP contribution in [0, 0.1) is 5.92 Å². The Kier molecular flexibility index (Phi) is 6.29. The first-order chi connectivity index (χ1) is 15.4. The summed E-state index contributed by atoms with van der Waals surface area (Å²) < 4.78 is 40.1. The molecule has 1 fully saturated rings. The van der Waals surface area contributed by atoms with Crippen LogP contribution in [0.1, 0.15) is 50.0 Å². The summed E-state index contributed by atoms with van der Waals surface area (Å²) in [6, 6.07) is 13.0. The lowest BCUT2D eigenvalue weighted by atomic mass is 9.94. The molecular formula is C22H25F3N6O. The Balaban J connectivity index is 1.41. The van der Waals surface area contributed by atoms with Gasteiger partial charge in [-0.05, 0) is 37.0 Å². The molecule has 3 aromatic rings. The summed E-state index contributed by atoms with van der Waals surface area (Å²) in [5.41, 5.74) is 1.13. The molecule has 1 aromatic carbocycles. The molecule has 170 valence electrons. The van der Waals surface area contributed by atoms with Gasteiger partial charge in [0.1, 0.15) is 5.82 Å². The van der Waals surface area contributed by atoms with E-state index < -0.39 is 12.0 Å². The van der Waals surface area contributed by atoms with Crippen LogP contribution in [-0.4, -0.2) is 38.8 Å². The largest absolute Gasteiger partial charge is 0.453 e. The van der Waals surface area contributed by atoms with E-state index in [9.17, 15) is 18.0 Å². The van der Waals surface area contributed by atoms with Crippen LogP contribution in [0.2, 0.25) is 0 Å². The maximum absolute atomic E-state index is 13.1. The Morgan fingerprint density at radius 1 is 1.12 bits per heavy atom. The number of carbonyl (C=O) groups is 1. The second kappa shape index (κ2) is 9.13. The third-order valence-electron chi connectivity index (χ3n) is 5.79. The average molecular weight is 446 g/mol. The SMILES string of the molecule is CCCC(NC(=O)C1CCN(c2ccc3nnc(C(F)(F)F)n3n2)CC1)c1ccccc1. The predicted octanol–water partition coefficient (Wildman–Crippen LogP) is 4.02. The third-order valence-corrected chi connectivity index (χ3v) is 5.79. The summed E-state index contributed by atoms with van der Waals surface area (Å²) in [5, 5.41) is 14.0. The molecule has 7 nitrogen and oxygen atoms in total. The number of amides is 1. The number of hydrogen-bond acceptors (Lipinski definition) is 5. The lowest BCUT2D eigenvalue weighted by molar-refractivity contribution is -0.146. The highest BCUT2D eigenvalue weighted by Crippen LogP contribution is 2.29. The van der Waals surface area contributed by atoms with Crippen molar-refractivity contribution in [2.75, 3.05) is 18.0 Å². The van der Waals surface area contributed by atoms with E-state index in [2.05, 4.69) is 27.5 Å². The number of carbonyl (C=O) groups excluding carboxylic acids is 1. The van der Waals surface area contributed by atoms with Crippen LogP contribution in [-0.2, 0) is 11.0 Å². The molecule has 1 aliphatic rings. The number of fused-ring (bicyclic) bond motifs is 1. The van der Waals surface area contributed by atoms with Gasteiger partial charge in [0.05, 0.1) is 6.04 Å². The van der Waals surface area contributed by atoms with Gasteiger partial charge in [0.25, 0.3) is 5.82 Å². The molecule has 1 unspecified atom stereocenters. The summed E-state index contributed by atoms with van der Waals surface area (Å²) in [7, 11) is 0. The number of piperidine rings is 1. The highest BCUT2D eigenvalue weighted by atomic mass is 19.4. The van der Waals surface area contributed by atoms with Gasteiger partial charge in [-0.2, -0.15) is 17.7 Å². The Hall–Kier alpha value is -3.17. The fraction of sp³-hybridized carbons (Fsp3) is 0.455. The number of anilines is 1. The van der Waals surface area contributed by atoms with Crippen LogP contribution in [0.4, 0.5) is 19.0 Å². The van der Waals surface area contributed by atoms with E-state index >= 15 is 0 Å². The second-order valence-electron chi connectivity index (χ2n) is 8.00. The van der Waals surface area contributed by atoms with E-state index in [1.54, 1.807) is 6.07 Å². The number of benzene rings is 1. The van der Waals surface area contributed by atoms with Gasteiger partial charge in [0, 0.05) is 19.0 Å². The molecule has 0 radical (unpaired) electrons. The molecule has 32 heavy (non-hydrogen) atoms. The zero-order valence-corrected chi connectivity index (χ0v) is 17.7. The Labute approximate surface area is 183 Å². The Morgan fingerprint density at radius 2 is 1.84 bits per heavy atom. The van der Waals surface area contributed by atoms with Gasteiger partial charge in [-0.25, -0.2) is 0 Å². The molecule has 1 saturated heterocycles. The molecule has 0 saturated carbocycles. The highest BCUT2D eigenvalue weighted by Gasteiger charge is 2.38. The zero-order valence-electron chi connectivity index (χ0n) is 17.7. The van der Waals surface area contributed by atoms with Crippen LogP contribution in [0.5, 0.6) is 0 Å². The minimum Gasteiger partial charge on any atom is -0.355 e. The minimum atomic E-state index is -4.64. The van der Waals surface area contributed by atoms with E-state index in [4.69, 9.17) is 0 Å². The average Bonchev–Trinajstić information content (AvgIpc) is 3.23. The molecule has 0 spiro atoms. The number of nitrogens with zero attached hydrogens (tertiary/aromatic N) is 5. The van der Waals surface area contributed by atoms with E-state index in [0.717, 1.165) is 22.9 Å². The maximum atomic E-state index is 13.1. The topological polar surface area (TPSA) is 75.4 Å². The first kappa shape index (κ1) is 22.0. The first-order valence-corrected chi connectivity index (χ1v) is 10.8. The minimum absolute atomic E-state index is 0.0218. The van der Waals surface area contributed by atoms with Gasteiger partial charge in [-0.1, -0.05) is 43.7 Å². The van der Waals surface area contributed by atoms with Gasteiger partial charge < -0.3 is 10.2 Å². The molecule has 10 heteroatoms. The third kappa shape index (κ3) is 4.68. The van der Waals surface area contributed by atoms with Crippen LogP contribution < -0.4 is 10.2 Å². The van der Waals surface area contributed by atoms with Crippen molar-refractivity contribution in [1.29, 1.82) is 0 Å². The van der Waals surface area contributed by atoms with Gasteiger partial charge in [-0.3, -0.25) is 4.79 Å². The smallest absolute Gasteiger partial charge is 0.355 e. The van der Waals surface area contributed by atoms with Gasteiger partial charge in [-0.15, -0.1) is 15.3 Å². The lowest BCUT2D eigenvalue weighted by Gasteiger charge is -2.33. The van der Waals surface area contributed by atoms with Crippen molar-refractivity contribution in [2.24, 2.45) is 5.92 Å². The quantitative estimate of drug-likeness (QED) is 0.619. The number of halogens is 3. The van der Waals surface area contributed by atoms with Gasteiger partial charge in [0.2, 0.25) is 5.91 Å². The molecule has 0 bridgehead atoms. The number of alkyl halides is 3. The lowest BCUT2D eigenvalue weighted by Crippen LogP contribution is -2.42. The van der Waals surface area contributed by atoms with Crippen LogP contribution in [0.15, 0.2) is 42.5 Å². The fourth-order valence-electron chi connectivity index (χ4n) is 4.08. The molecule has 2 aromatic heterocycles. The van der Waals surface area contributed by atoms with Gasteiger partial charge in [0.15, 0.2) is 5.65 Å². The van der Waals surface area contributed by atoms with E-state index in [-0.39, 0.29) is 23.5 Å². The summed E-state index contributed by atoms with van der Waals surface area (Å²) in [6.45, 7) is 3.15. The van der Waals surface area contributed by atoms with E-state index in [1.807, 2.05) is 35.2 Å². The monoisotopic (exact) mass is 446 g/mol. The molecule has 4 rings (SSSR count). The van der Waals surface area contributed by atoms with Gasteiger partial charge >= 0.3 is 6.18 Å². The van der Waals surface area contributed by atoms with Crippen molar-refractivity contribution in [3.05, 3.63) is 53.9 Å². The standard InChI is InChI=1S/C22H25F3N6O/c1-2-6-17(15-7-4-3-5-8-15)26-20(32)16-11-13-30(14-12-16)19-10-9-18-27-28-21(22(23,24)25)31(18)29-19/h3-5,7-10,16-17H,2,6,11-14H2,1H3,(H,26,32). The molecule has 1 amide bonds. The summed E-state index contributed by atoms with van der Waals surface area (Å²) in [4.78, 5) is 14.8. The molecule has 1 aliphatic heterocycles. The summed E-state index contributed by atoms with van der Waals surface area (Å²) in [6.07, 6.45) is -1.61. The normalized spacial score (nSPS) is 16.3. The summed E-state index contributed by atoms with van der Waals surface area (Å²) in [5.74, 6) is -0.853. The number of nitrogens with one attached hydrogen (secondary N) is 1. The van der Waals surface area contributed by atoms with Crippen LogP contribution >= 0.6 is 0 Å².